The first-order valence-electron chi connectivity index (χ1n) is 7.41. The van der Waals surface area contributed by atoms with Crippen LogP contribution >= 0.6 is 11.8 Å². The molecule has 0 aliphatic heterocycles. The highest BCUT2D eigenvalue weighted by Gasteiger charge is 1.91. The molecule has 0 saturated heterocycles. The van der Waals surface area contributed by atoms with Crippen LogP contribution in [0.15, 0.2) is 0 Å². The fraction of sp³-hybridized carbons (Fsp3) is 1.00. The van der Waals surface area contributed by atoms with Crippen LogP contribution in [0.5, 0.6) is 0 Å². The Hall–Kier alpha value is 0.270. The highest BCUT2D eigenvalue weighted by atomic mass is 32.2. The van der Waals surface area contributed by atoms with Gasteiger partial charge in [0.25, 0.3) is 0 Å². The van der Waals surface area contributed by atoms with E-state index in [0.29, 0.717) is 0 Å². The van der Waals surface area contributed by atoms with Crippen molar-refractivity contribution in [1.82, 2.24) is 10.6 Å². The summed E-state index contributed by atoms with van der Waals surface area (Å²) in [6.07, 6.45) is 8.03. The average Bonchev–Trinajstić information content (AvgIpc) is 2.35. The topological polar surface area (TPSA) is 24.1 Å². The summed E-state index contributed by atoms with van der Waals surface area (Å²) in [6.45, 7) is 9.24. The van der Waals surface area contributed by atoms with Gasteiger partial charge in [-0.05, 0) is 25.9 Å². The number of hydrogen-bond donors (Lipinski definition) is 2. The fourth-order valence-corrected chi connectivity index (χ4v) is 2.42. The van der Waals surface area contributed by atoms with Crippen LogP contribution in [-0.4, -0.2) is 37.7 Å². The average molecular weight is 260 g/mol. The maximum Gasteiger partial charge on any atom is 0.00585 e. The van der Waals surface area contributed by atoms with E-state index in [1.54, 1.807) is 0 Å². The molecule has 0 aliphatic carbocycles. The molecule has 0 aromatic rings. The van der Waals surface area contributed by atoms with E-state index in [1.807, 2.05) is 0 Å². The molecule has 104 valence electrons. The zero-order valence-electron chi connectivity index (χ0n) is 11.9. The summed E-state index contributed by atoms with van der Waals surface area (Å²) in [4.78, 5) is 0. The third-order valence-electron chi connectivity index (χ3n) is 2.76. The molecule has 0 amide bonds. The molecule has 0 heterocycles. The summed E-state index contributed by atoms with van der Waals surface area (Å²) in [7, 11) is 0. The van der Waals surface area contributed by atoms with Crippen molar-refractivity contribution in [2.75, 3.05) is 37.7 Å². The van der Waals surface area contributed by atoms with Crippen molar-refractivity contribution in [2.24, 2.45) is 0 Å². The van der Waals surface area contributed by atoms with Gasteiger partial charge in [-0.25, -0.2) is 0 Å². The van der Waals surface area contributed by atoms with Crippen LogP contribution in [0.25, 0.3) is 0 Å². The lowest BCUT2D eigenvalue weighted by atomic mass is 10.2. The molecule has 0 spiro atoms. The van der Waals surface area contributed by atoms with Gasteiger partial charge in [-0.1, -0.05) is 39.5 Å². The van der Waals surface area contributed by atoms with Crippen molar-refractivity contribution in [3.63, 3.8) is 0 Å². The SMILES string of the molecule is CCCCCNCCSCCNCCCCC. The number of nitrogens with one attached hydrogen (secondary N) is 2. The normalized spacial score (nSPS) is 10.9. The summed E-state index contributed by atoms with van der Waals surface area (Å²) in [5.74, 6) is 2.51. The third-order valence-corrected chi connectivity index (χ3v) is 3.75. The van der Waals surface area contributed by atoms with Crippen molar-refractivity contribution >= 4 is 11.8 Å². The molecule has 0 saturated carbocycles. The van der Waals surface area contributed by atoms with Gasteiger partial charge in [0.1, 0.15) is 0 Å². The molecular formula is C14H32N2S. The van der Waals surface area contributed by atoms with E-state index in [2.05, 4.69) is 36.2 Å². The molecule has 17 heavy (non-hydrogen) atoms. The van der Waals surface area contributed by atoms with Crippen LogP contribution in [0.1, 0.15) is 52.4 Å². The van der Waals surface area contributed by atoms with Gasteiger partial charge >= 0.3 is 0 Å². The van der Waals surface area contributed by atoms with Crippen molar-refractivity contribution in [3.05, 3.63) is 0 Å². The molecule has 0 aromatic heterocycles. The molecule has 0 atom stereocenters. The first kappa shape index (κ1) is 17.3. The highest BCUT2D eigenvalue weighted by molar-refractivity contribution is 7.99. The summed E-state index contributed by atoms with van der Waals surface area (Å²) in [5.41, 5.74) is 0. The molecule has 0 radical (unpaired) electrons. The summed E-state index contributed by atoms with van der Waals surface area (Å²) in [6, 6.07) is 0. The largest absolute Gasteiger partial charge is 0.316 e. The summed E-state index contributed by atoms with van der Waals surface area (Å²) >= 11 is 2.06. The molecule has 0 unspecified atom stereocenters. The molecule has 0 bridgehead atoms. The predicted octanol–water partition coefficient (Wildman–Crippen LogP) is 3.28. The lowest BCUT2D eigenvalue weighted by molar-refractivity contribution is 0.632. The Morgan fingerprint density at radius 2 is 1.12 bits per heavy atom. The maximum absolute atomic E-state index is 3.50. The van der Waals surface area contributed by atoms with Crippen LogP contribution in [0.2, 0.25) is 0 Å². The minimum atomic E-state index is 1.17. The maximum atomic E-state index is 3.50. The molecule has 0 fully saturated rings. The van der Waals surface area contributed by atoms with Gasteiger partial charge in [-0.15, -0.1) is 0 Å². The Morgan fingerprint density at radius 1 is 0.647 bits per heavy atom. The molecule has 2 nitrogen and oxygen atoms in total. The predicted molar refractivity (Wildman–Crippen MR) is 82.1 cm³/mol. The lowest BCUT2D eigenvalue weighted by Gasteiger charge is -2.05. The highest BCUT2D eigenvalue weighted by Crippen LogP contribution is 1.97. The van der Waals surface area contributed by atoms with E-state index >= 15 is 0 Å². The number of unbranched alkanes of at least 4 members (excludes halogenated alkanes) is 4. The Labute approximate surface area is 113 Å². The zero-order chi connectivity index (χ0) is 12.6. The van der Waals surface area contributed by atoms with Crippen LogP contribution in [0, 0.1) is 0 Å². The van der Waals surface area contributed by atoms with Gasteiger partial charge in [0, 0.05) is 24.6 Å². The molecule has 0 aliphatic rings. The van der Waals surface area contributed by atoms with Gasteiger partial charge < -0.3 is 10.6 Å². The Balaban J connectivity index is 2.85. The lowest BCUT2D eigenvalue weighted by Crippen LogP contribution is -2.21. The van der Waals surface area contributed by atoms with Crippen LogP contribution < -0.4 is 10.6 Å². The zero-order valence-corrected chi connectivity index (χ0v) is 12.7. The van der Waals surface area contributed by atoms with Crippen molar-refractivity contribution in [1.29, 1.82) is 0 Å². The number of rotatable bonds is 14. The summed E-state index contributed by atoms with van der Waals surface area (Å²) < 4.78 is 0. The number of hydrogen-bond acceptors (Lipinski definition) is 3. The van der Waals surface area contributed by atoms with Gasteiger partial charge in [0.2, 0.25) is 0 Å². The standard InChI is InChI=1S/C14H32N2S/c1-3-5-7-9-15-11-13-17-14-12-16-10-8-6-4-2/h15-16H,3-14H2,1-2H3. The van der Waals surface area contributed by atoms with Crippen LogP contribution in [0.3, 0.4) is 0 Å². The molecule has 2 N–H and O–H groups in total. The third kappa shape index (κ3) is 16.3. The Morgan fingerprint density at radius 3 is 1.53 bits per heavy atom. The minimum Gasteiger partial charge on any atom is -0.316 e. The molecule has 0 aromatic carbocycles. The van der Waals surface area contributed by atoms with Crippen LogP contribution in [0.4, 0.5) is 0 Å². The molecule has 3 heteroatoms. The molecular weight excluding hydrogens is 228 g/mol. The first-order chi connectivity index (χ1) is 8.41. The second-order valence-electron chi connectivity index (χ2n) is 4.53. The number of thioether (sulfide) groups is 1. The first-order valence-corrected chi connectivity index (χ1v) is 8.56. The van der Waals surface area contributed by atoms with E-state index in [0.717, 1.165) is 0 Å². The van der Waals surface area contributed by atoms with Gasteiger partial charge in [-0.2, -0.15) is 11.8 Å². The van der Waals surface area contributed by atoms with E-state index in [4.69, 9.17) is 0 Å². The summed E-state index contributed by atoms with van der Waals surface area (Å²) in [5, 5.41) is 7.00. The monoisotopic (exact) mass is 260 g/mol. The quantitative estimate of drug-likeness (QED) is 0.469. The minimum absolute atomic E-state index is 1.17. The van der Waals surface area contributed by atoms with Gasteiger partial charge in [-0.3, -0.25) is 0 Å². The van der Waals surface area contributed by atoms with Crippen molar-refractivity contribution in [3.8, 4) is 0 Å². The van der Waals surface area contributed by atoms with E-state index in [9.17, 15) is 0 Å². The Kier molecular flexibility index (Phi) is 16.5. The van der Waals surface area contributed by atoms with Crippen LogP contribution in [-0.2, 0) is 0 Å². The van der Waals surface area contributed by atoms with Crippen molar-refractivity contribution in [2.45, 2.75) is 52.4 Å². The second kappa shape index (κ2) is 16.3. The smallest absolute Gasteiger partial charge is 0.00585 e. The fourth-order valence-electron chi connectivity index (χ4n) is 1.64. The van der Waals surface area contributed by atoms with E-state index in [-0.39, 0.29) is 0 Å². The van der Waals surface area contributed by atoms with Gasteiger partial charge in [0.15, 0.2) is 0 Å². The van der Waals surface area contributed by atoms with Crippen molar-refractivity contribution < 1.29 is 0 Å². The van der Waals surface area contributed by atoms with Gasteiger partial charge in [0.05, 0.1) is 0 Å². The second-order valence-corrected chi connectivity index (χ2v) is 5.75. The van der Waals surface area contributed by atoms with E-state index < -0.39 is 0 Å². The van der Waals surface area contributed by atoms with E-state index in [1.165, 1.54) is 76.2 Å². The molecule has 0 rings (SSSR count). The Bertz CT molecular complexity index is 117.